The Hall–Kier alpha value is -0.900. The van der Waals surface area contributed by atoms with Crippen LogP contribution in [0, 0.1) is 5.82 Å². The van der Waals surface area contributed by atoms with Gasteiger partial charge < -0.3 is 5.84 Å². The van der Waals surface area contributed by atoms with E-state index in [-0.39, 0.29) is 5.82 Å². The fourth-order valence-corrected chi connectivity index (χ4v) is 1.42. The molecule has 70 valence electrons. The molecule has 0 unspecified atom stereocenters. The van der Waals surface area contributed by atoms with Gasteiger partial charge in [0.05, 0.1) is 10.2 Å². The molecule has 0 atom stereocenters. The number of nitrogens with zero attached hydrogens (tertiary/aromatic N) is 1. The van der Waals surface area contributed by atoms with E-state index in [1.54, 1.807) is 12.1 Å². The van der Waals surface area contributed by atoms with Crippen LogP contribution in [0.25, 0.3) is 0 Å². The van der Waals surface area contributed by atoms with Gasteiger partial charge in [0.2, 0.25) is 0 Å². The lowest BCUT2D eigenvalue weighted by molar-refractivity contribution is 0.621. The maximum atomic E-state index is 12.9. The minimum absolute atomic E-state index is 0.281. The van der Waals surface area contributed by atoms with Crippen molar-refractivity contribution in [3.8, 4) is 0 Å². The number of hydrogen-bond donors (Lipinski definition) is 1. The zero-order valence-electron chi connectivity index (χ0n) is 7.22. The minimum atomic E-state index is -0.281. The molecule has 0 aliphatic carbocycles. The second kappa shape index (κ2) is 4.37. The summed E-state index contributed by atoms with van der Waals surface area (Å²) < 4.78 is 13.3. The van der Waals surface area contributed by atoms with E-state index in [1.165, 1.54) is 6.07 Å². The molecule has 0 saturated heterocycles. The molecule has 1 aromatic carbocycles. The normalized spacial score (nSPS) is 11.8. The Morgan fingerprint density at radius 1 is 1.62 bits per heavy atom. The summed E-state index contributed by atoms with van der Waals surface area (Å²) in [6, 6.07) is 4.72. The highest BCUT2D eigenvalue weighted by molar-refractivity contribution is 9.10. The summed E-state index contributed by atoms with van der Waals surface area (Å²) in [5.74, 6) is 4.90. The second-order valence-electron chi connectivity index (χ2n) is 2.56. The van der Waals surface area contributed by atoms with Crippen LogP contribution in [0.5, 0.6) is 0 Å². The largest absolute Gasteiger partial charge is 0.323 e. The van der Waals surface area contributed by atoms with Gasteiger partial charge in [-0.25, -0.2) is 4.39 Å². The van der Waals surface area contributed by atoms with E-state index >= 15 is 0 Å². The summed E-state index contributed by atoms with van der Waals surface area (Å²) in [6.07, 6.45) is 0.731. The summed E-state index contributed by atoms with van der Waals surface area (Å²) in [4.78, 5) is 0. The number of halogens is 2. The fraction of sp³-hybridized carbons (Fsp3) is 0.222. The number of rotatable bonds is 2. The summed E-state index contributed by atoms with van der Waals surface area (Å²) in [5.41, 5.74) is 1.61. The molecule has 2 nitrogen and oxygen atoms in total. The van der Waals surface area contributed by atoms with Gasteiger partial charge in [0.25, 0.3) is 0 Å². The Morgan fingerprint density at radius 2 is 2.31 bits per heavy atom. The van der Waals surface area contributed by atoms with Gasteiger partial charge in [-0.15, -0.1) is 0 Å². The van der Waals surface area contributed by atoms with Crippen LogP contribution in [0.15, 0.2) is 27.8 Å². The monoisotopic (exact) mass is 244 g/mol. The van der Waals surface area contributed by atoms with Crippen LogP contribution in [0.2, 0.25) is 0 Å². The molecule has 4 heteroatoms. The molecule has 0 saturated carbocycles. The van der Waals surface area contributed by atoms with Crippen molar-refractivity contribution in [2.24, 2.45) is 10.9 Å². The lowest BCUT2D eigenvalue weighted by atomic mass is 10.1. The fourth-order valence-electron chi connectivity index (χ4n) is 1.05. The average molecular weight is 245 g/mol. The summed E-state index contributed by atoms with van der Waals surface area (Å²) in [6.45, 7) is 1.95. The lowest BCUT2D eigenvalue weighted by Gasteiger charge is -2.02. The molecule has 0 aliphatic heterocycles. The van der Waals surface area contributed by atoms with Crippen LogP contribution < -0.4 is 5.84 Å². The van der Waals surface area contributed by atoms with Crippen molar-refractivity contribution in [2.75, 3.05) is 0 Å². The first-order valence-corrected chi connectivity index (χ1v) is 4.70. The summed E-state index contributed by atoms with van der Waals surface area (Å²) in [7, 11) is 0. The van der Waals surface area contributed by atoms with Gasteiger partial charge >= 0.3 is 0 Å². The number of hydrogen-bond acceptors (Lipinski definition) is 2. The van der Waals surface area contributed by atoms with Gasteiger partial charge in [0.1, 0.15) is 5.82 Å². The molecule has 13 heavy (non-hydrogen) atoms. The second-order valence-corrected chi connectivity index (χ2v) is 3.41. The van der Waals surface area contributed by atoms with Gasteiger partial charge in [0.15, 0.2) is 0 Å². The molecule has 1 aromatic rings. The number of hydrazone groups is 1. The van der Waals surface area contributed by atoms with Crippen LogP contribution >= 0.6 is 15.9 Å². The molecular formula is C9H10BrFN2. The van der Waals surface area contributed by atoms with Gasteiger partial charge in [-0.1, -0.05) is 13.0 Å². The zero-order valence-corrected chi connectivity index (χ0v) is 8.81. The van der Waals surface area contributed by atoms with Crippen molar-refractivity contribution < 1.29 is 4.39 Å². The van der Waals surface area contributed by atoms with Crippen molar-refractivity contribution in [1.82, 2.24) is 0 Å². The first-order chi connectivity index (χ1) is 6.19. The van der Waals surface area contributed by atoms with Gasteiger partial charge in [-0.3, -0.25) is 0 Å². The van der Waals surface area contributed by atoms with E-state index in [0.717, 1.165) is 17.7 Å². The van der Waals surface area contributed by atoms with Crippen molar-refractivity contribution in [3.63, 3.8) is 0 Å². The molecule has 0 heterocycles. The number of nitrogens with two attached hydrogens (primary N) is 1. The predicted molar refractivity (Wildman–Crippen MR) is 55.1 cm³/mol. The first kappa shape index (κ1) is 10.2. The van der Waals surface area contributed by atoms with Crippen molar-refractivity contribution in [3.05, 3.63) is 34.1 Å². The highest BCUT2D eigenvalue weighted by Gasteiger charge is 2.04. The molecule has 0 amide bonds. The highest BCUT2D eigenvalue weighted by Crippen LogP contribution is 2.17. The average Bonchev–Trinajstić information content (AvgIpc) is 2.13. The van der Waals surface area contributed by atoms with Crippen LogP contribution in [0.1, 0.15) is 18.9 Å². The Bertz CT molecular complexity index is 336. The third-order valence-electron chi connectivity index (χ3n) is 1.74. The quantitative estimate of drug-likeness (QED) is 0.485. The van der Waals surface area contributed by atoms with Crippen LogP contribution in [-0.4, -0.2) is 5.71 Å². The molecule has 0 aliphatic rings. The smallest absolute Gasteiger partial charge is 0.137 e. The van der Waals surface area contributed by atoms with Gasteiger partial charge in [0, 0.05) is 0 Å². The Balaban J connectivity index is 3.10. The van der Waals surface area contributed by atoms with Crippen LogP contribution in [0.4, 0.5) is 4.39 Å². The van der Waals surface area contributed by atoms with E-state index in [0.29, 0.717) is 4.47 Å². The molecular weight excluding hydrogens is 235 g/mol. The molecule has 1 rings (SSSR count). The Labute approximate surface area is 84.8 Å². The topological polar surface area (TPSA) is 38.4 Å². The molecule has 0 bridgehead atoms. The van der Waals surface area contributed by atoms with E-state index in [2.05, 4.69) is 21.0 Å². The predicted octanol–water partition coefficient (Wildman–Crippen LogP) is 2.66. The molecule has 2 N–H and O–H groups in total. The standard InChI is InChI=1S/C9H10BrFN2/c1-2-9(13-12)6-3-4-8(11)7(10)5-6/h3-5H,2,12H2,1H3. The minimum Gasteiger partial charge on any atom is -0.323 e. The van der Waals surface area contributed by atoms with E-state index < -0.39 is 0 Å². The molecule has 0 fully saturated rings. The third-order valence-corrected chi connectivity index (χ3v) is 2.35. The third kappa shape index (κ3) is 2.28. The van der Waals surface area contributed by atoms with Crippen LogP contribution in [-0.2, 0) is 0 Å². The van der Waals surface area contributed by atoms with E-state index in [1.807, 2.05) is 6.92 Å². The SMILES string of the molecule is CCC(=NN)c1ccc(F)c(Br)c1. The van der Waals surface area contributed by atoms with E-state index in [4.69, 9.17) is 5.84 Å². The van der Waals surface area contributed by atoms with Crippen molar-refractivity contribution >= 4 is 21.6 Å². The van der Waals surface area contributed by atoms with Gasteiger partial charge in [-0.05, 0) is 40.0 Å². The molecule has 0 radical (unpaired) electrons. The summed E-state index contributed by atoms with van der Waals surface area (Å²) in [5, 5.41) is 3.62. The Kier molecular flexibility index (Phi) is 3.42. The first-order valence-electron chi connectivity index (χ1n) is 3.91. The summed E-state index contributed by atoms with van der Waals surface area (Å²) >= 11 is 3.10. The number of benzene rings is 1. The highest BCUT2D eigenvalue weighted by atomic mass is 79.9. The maximum absolute atomic E-state index is 12.9. The van der Waals surface area contributed by atoms with Crippen molar-refractivity contribution in [1.29, 1.82) is 0 Å². The lowest BCUT2D eigenvalue weighted by Crippen LogP contribution is -2.02. The zero-order chi connectivity index (χ0) is 9.84. The Morgan fingerprint density at radius 3 is 2.77 bits per heavy atom. The van der Waals surface area contributed by atoms with Gasteiger partial charge in [-0.2, -0.15) is 5.10 Å². The van der Waals surface area contributed by atoms with E-state index in [9.17, 15) is 4.39 Å². The maximum Gasteiger partial charge on any atom is 0.137 e. The van der Waals surface area contributed by atoms with Crippen molar-refractivity contribution in [2.45, 2.75) is 13.3 Å². The molecule has 0 spiro atoms. The molecule has 0 aromatic heterocycles. The van der Waals surface area contributed by atoms with Crippen LogP contribution in [0.3, 0.4) is 0 Å².